The van der Waals surface area contributed by atoms with Gasteiger partial charge in [-0.1, -0.05) is 89.9 Å². The number of nitrogens with two attached hydrogens (primary N) is 1. The fourth-order valence-electron chi connectivity index (χ4n) is 3.05. The minimum absolute atomic E-state index is 0.889. The SMILES string of the molecule is CCCC[Si](CCCC)(CCCC)CCCCN. The molecule has 0 radical (unpaired) electrons. The highest BCUT2D eigenvalue weighted by atomic mass is 28.3. The molecule has 0 saturated carbocycles. The van der Waals surface area contributed by atoms with E-state index < -0.39 is 8.07 Å². The second-order valence-electron chi connectivity index (χ2n) is 6.06. The van der Waals surface area contributed by atoms with Crippen LogP contribution in [0, 0.1) is 0 Å². The molecule has 1 nitrogen and oxygen atoms in total. The first-order valence-electron chi connectivity index (χ1n) is 8.44. The maximum absolute atomic E-state index is 5.67. The largest absolute Gasteiger partial charge is 0.330 e. The van der Waals surface area contributed by atoms with E-state index in [0.29, 0.717) is 0 Å². The molecule has 0 aliphatic carbocycles. The summed E-state index contributed by atoms with van der Waals surface area (Å²) in [6, 6.07) is 6.33. The normalized spacial score (nSPS) is 12.0. The fourth-order valence-corrected chi connectivity index (χ4v) is 8.86. The Morgan fingerprint density at radius 3 is 1.33 bits per heavy atom. The Labute approximate surface area is 117 Å². The first-order chi connectivity index (χ1) is 8.74. The van der Waals surface area contributed by atoms with Crippen LogP contribution in [0.25, 0.3) is 0 Å². The quantitative estimate of drug-likeness (QED) is 0.344. The van der Waals surface area contributed by atoms with Gasteiger partial charge < -0.3 is 5.73 Å². The Morgan fingerprint density at radius 1 is 0.611 bits per heavy atom. The average Bonchev–Trinajstić information content (AvgIpc) is 2.40. The smallest absolute Gasteiger partial charge is 0.0535 e. The first-order valence-corrected chi connectivity index (χ1v) is 11.3. The lowest BCUT2D eigenvalue weighted by atomic mass is 10.3. The van der Waals surface area contributed by atoms with Crippen molar-refractivity contribution >= 4 is 8.07 Å². The van der Waals surface area contributed by atoms with Crippen LogP contribution < -0.4 is 5.73 Å². The molecular weight excluding hydrogens is 234 g/mol. The number of hydrogen-bond donors (Lipinski definition) is 1. The molecule has 0 aliphatic rings. The average molecular weight is 272 g/mol. The van der Waals surface area contributed by atoms with Gasteiger partial charge in [-0.25, -0.2) is 0 Å². The van der Waals surface area contributed by atoms with E-state index in [-0.39, 0.29) is 0 Å². The maximum atomic E-state index is 5.67. The van der Waals surface area contributed by atoms with Gasteiger partial charge in [-0.05, 0) is 13.0 Å². The van der Waals surface area contributed by atoms with Gasteiger partial charge in [0.2, 0.25) is 0 Å². The fraction of sp³-hybridized carbons (Fsp3) is 1.00. The van der Waals surface area contributed by atoms with Crippen LogP contribution >= 0.6 is 0 Å². The molecule has 0 saturated heterocycles. The van der Waals surface area contributed by atoms with E-state index in [2.05, 4.69) is 20.8 Å². The van der Waals surface area contributed by atoms with E-state index >= 15 is 0 Å². The zero-order valence-corrected chi connectivity index (χ0v) is 14.3. The van der Waals surface area contributed by atoms with Gasteiger partial charge in [-0.2, -0.15) is 0 Å². The highest BCUT2D eigenvalue weighted by Gasteiger charge is 2.29. The number of rotatable bonds is 13. The Kier molecular flexibility index (Phi) is 12.3. The van der Waals surface area contributed by atoms with Crippen molar-refractivity contribution in [1.29, 1.82) is 0 Å². The molecule has 110 valence electrons. The number of unbranched alkanes of at least 4 members (excludes halogenated alkanes) is 4. The first kappa shape index (κ1) is 18.2. The summed E-state index contributed by atoms with van der Waals surface area (Å²) in [6.07, 6.45) is 11.2. The Balaban J connectivity index is 4.41. The molecule has 0 aromatic heterocycles. The van der Waals surface area contributed by atoms with Crippen LogP contribution in [0.2, 0.25) is 24.2 Å². The van der Waals surface area contributed by atoms with Crippen molar-refractivity contribution in [2.45, 2.75) is 96.3 Å². The molecule has 0 rings (SSSR count). The van der Waals surface area contributed by atoms with Gasteiger partial charge in [0.25, 0.3) is 0 Å². The Bertz CT molecular complexity index is 149. The zero-order valence-electron chi connectivity index (χ0n) is 13.3. The summed E-state index contributed by atoms with van der Waals surface area (Å²) in [7, 11) is -0.951. The van der Waals surface area contributed by atoms with E-state index in [9.17, 15) is 0 Å². The van der Waals surface area contributed by atoms with Crippen molar-refractivity contribution in [2.75, 3.05) is 6.54 Å². The second kappa shape index (κ2) is 12.2. The maximum Gasteiger partial charge on any atom is 0.0535 e. The van der Waals surface area contributed by atoms with E-state index in [1.165, 1.54) is 51.4 Å². The second-order valence-corrected chi connectivity index (χ2v) is 11.1. The third-order valence-electron chi connectivity index (χ3n) is 4.34. The third kappa shape index (κ3) is 8.31. The topological polar surface area (TPSA) is 26.0 Å². The van der Waals surface area contributed by atoms with Crippen molar-refractivity contribution in [2.24, 2.45) is 5.73 Å². The van der Waals surface area contributed by atoms with Crippen LogP contribution in [-0.2, 0) is 0 Å². The standard InChI is InChI=1S/C16H37NSi/c1-4-7-13-18(14-8-5-2,15-9-6-3)16-11-10-12-17/h4-17H2,1-3H3. The molecule has 0 aromatic carbocycles. The summed E-state index contributed by atoms with van der Waals surface area (Å²) in [5.74, 6) is 0. The predicted octanol–water partition coefficient (Wildman–Crippen LogP) is 5.57. The Morgan fingerprint density at radius 2 is 1.00 bits per heavy atom. The molecule has 0 amide bonds. The van der Waals surface area contributed by atoms with Crippen LogP contribution in [0.5, 0.6) is 0 Å². The van der Waals surface area contributed by atoms with Crippen LogP contribution in [0.15, 0.2) is 0 Å². The highest BCUT2D eigenvalue weighted by molar-refractivity contribution is 6.79. The molecule has 0 unspecified atom stereocenters. The molecule has 0 fully saturated rings. The molecule has 0 aliphatic heterocycles. The van der Waals surface area contributed by atoms with E-state index in [4.69, 9.17) is 5.73 Å². The van der Waals surface area contributed by atoms with Crippen molar-refractivity contribution in [3.8, 4) is 0 Å². The lowest BCUT2D eigenvalue weighted by molar-refractivity contribution is 0.746. The lowest BCUT2D eigenvalue weighted by Crippen LogP contribution is -2.34. The number of hydrogen-bond acceptors (Lipinski definition) is 1. The molecule has 0 atom stereocenters. The van der Waals surface area contributed by atoms with E-state index in [0.717, 1.165) is 6.54 Å². The third-order valence-corrected chi connectivity index (χ3v) is 10.0. The van der Waals surface area contributed by atoms with Crippen molar-refractivity contribution in [3.05, 3.63) is 0 Å². The lowest BCUT2D eigenvalue weighted by Gasteiger charge is -2.32. The molecular formula is C16H37NSi. The van der Waals surface area contributed by atoms with Gasteiger partial charge in [0.05, 0.1) is 8.07 Å². The zero-order chi connectivity index (χ0) is 13.7. The van der Waals surface area contributed by atoms with Crippen molar-refractivity contribution < 1.29 is 0 Å². The van der Waals surface area contributed by atoms with Crippen LogP contribution in [0.4, 0.5) is 0 Å². The van der Waals surface area contributed by atoms with Crippen LogP contribution in [0.1, 0.15) is 72.1 Å². The molecule has 0 heterocycles. The predicted molar refractivity (Wildman–Crippen MR) is 88.0 cm³/mol. The van der Waals surface area contributed by atoms with E-state index in [1.54, 1.807) is 24.2 Å². The monoisotopic (exact) mass is 271 g/mol. The molecule has 18 heavy (non-hydrogen) atoms. The molecule has 2 N–H and O–H groups in total. The van der Waals surface area contributed by atoms with Crippen molar-refractivity contribution in [3.63, 3.8) is 0 Å². The van der Waals surface area contributed by atoms with Gasteiger partial charge in [0.1, 0.15) is 0 Å². The minimum Gasteiger partial charge on any atom is -0.330 e. The summed E-state index contributed by atoms with van der Waals surface area (Å²) < 4.78 is 0. The molecule has 0 spiro atoms. The van der Waals surface area contributed by atoms with Gasteiger partial charge in [0, 0.05) is 0 Å². The van der Waals surface area contributed by atoms with Gasteiger partial charge in [-0.3, -0.25) is 0 Å². The Hall–Kier alpha value is 0.177. The summed E-state index contributed by atoms with van der Waals surface area (Å²) in [5, 5.41) is 0. The van der Waals surface area contributed by atoms with Gasteiger partial charge in [0.15, 0.2) is 0 Å². The van der Waals surface area contributed by atoms with Crippen LogP contribution in [0.3, 0.4) is 0 Å². The van der Waals surface area contributed by atoms with Crippen LogP contribution in [-0.4, -0.2) is 14.6 Å². The summed E-state index contributed by atoms with van der Waals surface area (Å²) in [6.45, 7) is 7.93. The van der Waals surface area contributed by atoms with Gasteiger partial charge >= 0.3 is 0 Å². The molecule has 0 bridgehead atoms. The summed E-state index contributed by atoms with van der Waals surface area (Å²) >= 11 is 0. The molecule has 2 heteroatoms. The van der Waals surface area contributed by atoms with E-state index in [1.807, 2.05) is 0 Å². The van der Waals surface area contributed by atoms with Gasteiger partial charge in [-0.15, -0.1) is 0 Å². The highest BCUT2D eigenvalue weighted by Crippen LogP contribution is 2.33. The summed E-state index contributed by atoms with van der Waals surface area (Å²) in [4.78, 5) is 0. The summed E-state index contributed by atoms with van der Waals surface area (Å²) in [5.41, 5.74) is 5.67. The minimum atomic E-state index is -0.951. The molecule has 0 aromatic rings. The van der Waals surface area contributed by atoms with Crippen molar-refractivity contribution in [1.82, 2.24) is 0 Å².